The van der Waals surface area contributed by atoms with Gasteiger partial charge in [0.1, 0.15) is 0 Å². The first kappa shape index (κ1) is 14.9. The molecule has 2 heteroatoms. The second kappa shape index (κ2) is 8.06. The smallest absolute Gasteiger partial charge is 0.0720 e. The maximum Gasteiger partial charge on any atom is 0.0720 e. The first-order valence-electron chi connectivity index (χ1n) is 6.63. The highest BCUT2D eigenvalue weighted by Gasteiger charge is 2.17. The highest BCUT2D eigenvalue weighted by Crippen LogP contribution is 2.16. The van der Waals surface area contributed by atoms with Gasteiger partial charge in [-0.25, -0.2) is 0 Å². The summed E-state index contributed by atoms with van der Waals surface area (Å²) >= 11 is 0. The molecule has 1 rings (SSSR count). The quantitative estimate of drug-likeness (QED) is 0.713. The number of aliphatic hydroxyl groups excluding tert-OH is 1. The summed E-state index contributed by atoms with van der Waals surface area (Å²) in [5, 5.41) is 9.97. The van der Waals surface area contributed by atoms with Gasteiger partial charge in [0, 0.05) is 6.42 Å². The fraction of sp³-hybridized carbons (Fsp3) is 0.500. The van der Waals surface area contributed by atoms with E-state index in [0.717, 1.165) is 6.42 Å². The van der Waals surface area contributed by atoms with Crippen molar-refractivity contribution in [3.63, 3.8) is 0 Å². The minimum absolute atomic E-state index is 0.0996. The Bertz CT molecular complexity index is 334. The zero-order chi connectivity index (χ0) is 13.4. The lowest BCUT2D eigenvalue weighted by molar-refractivity contribution is -0.00586. The van der Waals surface area contributed by atoms with Gasteiger partial charge in [0.05, 0.1) is 18.8 Å². The summed E-state index contributed by atoms with van der Waals surface area (Å²) < 4.78 is 5.85. The molecule has 3 atom stereocenters. The Morgan fingerprint density at radius 3 is 2.56 bits per heavy atom. The molecule has 100 valence electrons. The molecule has 0 spiro atoms. The van der Waals surface area contributed by atoms with Gasteiger partial charge in [-0.1, -0.05) is 50.3 Å². The van der Waals surface area contributed by atoms with Crippen LogP contribution >= 0.6 is 0 Å². The normalized spacial score (nSPS) is 15.9. The number of hydrogen-bond acceptors (Lipinski definition) is 2. The second-order valence-corrected chi connectivity index (χ2v) is 4.72. The van der Waals surface area contributed by atoms with E-state index in [0.29, 0.717) is 13.0 Å². The molecule has 0 saturated heterocycles. The van der Waals surface area contributed by atoms with Crippen LogP contribution in [-0.2, 0) is 11.3 Å². The largest absolute Gasteiger partial charge is 0.392 e. The fourth-order valence-corrected chi connectivity index (χ4v) is 1.78. The third kappa shape index (κ3) is 5.03. The summed E-state index contributed by atoms with van der Waals surface area (Å²) in [7, 11) is 0. The summed E-state index contributed by atoms with van der Waals surface area (Å²) in [5.41, 5.74) is 1.17. The van der Waals surface area contributed by atoms with E-state index >= 15 is 0 Å². The van der Waals surface area contributed by atoms with Gasteiger partial charge in [-0.15, -0.1) is 6.58 Å². The summed E-state index contributed by atoms with van der Waals surface area (Å²) in [6, 6.07) is 10.1. The lowest BCUT2D eigenvalue weighted by Crippen LogP contribution is -2.24. The zero-order valence-corrected chi connectivity index (χ0v) is 11.4. The third-order valence-electron chi connectivity index (χ3n) is 3.27. The molecule has 0 unspecified atom stereocenters. The molecule has 1 N–H and O–H groups in total. The average molecular weight is 248 g/mol. The minimum atomic E-state index is -0.372. The van der Waals surface area contributed by atoms with Crippen molar-refractivity contribution in [3.05, 3.63) is 48.6 Å². The lowest BCUT2D eigenvalue weighted by atomic mass is 9.98. The van der Waals surface area contributed by atoms with Gasteiger partial charge in [-0.2, -0.15) is 0 Å². The van der Waals surface area contributed by atoms with Crippen molar-refractivity contribution in [1.29, 1.82) is 0 Å². The molecule has 2 nitrogen and oxygen atoms in total. The molecule has 1 aromatic rings. The topological polar surface area (TPSA) is 29.5 Å². The highest BCUT2D eigenvalue weighted by molar-refractivity contribution is 5.13. The number of ether oxygens (including phenoxy) is 1. The van der Waals surface area contributed by atoms with Crippen LogP contribution in [0.3, 0.4) is 0 Å². The van der Waals surface area contributed by atoms with Gasteiger partial charge in [0.25, 0.3) is 0 Å². The molecule has 0 amide bonds. The van der Waals surface area contributed by atoms with E-state index in [2.05, 4.69) is 25.6 Å². The molecule has 0 bridgehead atoms. The van der Waals surface area contributed by atoms with E-state index in [1.807, 2.05) is 25.1 Å². The van der Waals surface area contributed by atoms with Crippen LogP contribution in [0.1, 0.15) is 32.3 Å². The average Bonchev–Trinajstić information content (AvgIpc) is 2.43. The van der Waals surface area contributed by atoms with Crippen molar-refractivity contribution in [2.24, 2.45) is 5.92 Å². The molecular weight excluding hydrogens is 224 g/mol. The Morgan fingerprint density at radius 2 is 2.00 bits per heavy atom. The van der Waals surface area contributed by atoms with Crippen molar-refractivity contribution in [1.82, 2.24) is 0 Å². The van der Waals surface area contributed by atoms with E-state index in [1.165, 1.54) is 5.56 Å². The summed E-state index contributed by atoms with van der Waals surface area (Å²) in [6.45, 7) is 8.37. The third-order valence-corrected chi connectivity index (χ3v) is 3.27. The molecule has 0 saturated carbocycles. The van der Waals surface area contributed by atoms with E-state index in [4.69, 9.17) is 4.74 Å². The van der Waals surface area contributed by atoms with Gasteiger partial charge in [0.15, 0.2) is 0 Å². The Labute approximate surface area is 110 Å². The highest BCUT2D eigenvalue weighted by atomic mass is 16.5. The standard InChI is InChI=1S/C16H24O2/c1-4-13(3)16(17)11-15(5-2)18-12-14-9-7-6-8-10-14/h4,6-10,13,15-17H,1,5,11-12H2,2-3H3/t13-,15+,16-/m0/s1. The molecule has 0 radical (unpaired) electrons. The fourth-order valence-electron chi connectivity index (χ4n) is 1.78. The van der Waals surface area contributed by atoms with Gasteiger partial charge >= 0.3 is 0 Å². The molecule has 18 heavy (non-hydrogen) atoms. The van der Waals surface area contributed by atoms with Crippen molar-refractivity contribution in [3.8, 4) is 0 Å². The first-order valence-corrected chi connectivity index (χ1v) is 6.63. The molecular formula is C16H24O2. The van der Waals surface area contributed by atoms with Crippen LogP contribution in [0.25, 0.3) is 0 Å². The summed E-state index contributed by atoms with van der Waals surface area (Å²) in [6.07, 6.45) is 3.09. The van der Waals surface area contributed by atoms with Crippen LogP contribution in [-0.4, -0.2) is 17.3 Å². The first-order chi connectivity index (χ1) is 8.67. The van der Waals surface area contributed by atoms with Crippen molar-refractivity contribution in [2.75, 3.05) is 0 Å². The van der Waals surface area contributed by atoms with Crippen LogP contribution in [0.4, 0.5) is 0 Å². The Balaban J connectivity index is 2.40. The Morgan fingerprint density at radius 1 is 1.33 bits per heavy atom. The zero-order valence-electron chi connectivity index (χ0n) is 11.4. The SMILES string of the molecule is C=C[C@H](C)[C@@H](O)C[C@@H](CC)OCc1ccccc1. The molecule has 0 aromatic heterocycles. The van der Waals surface area contributed by atoms with Crippen LogP contribution in [0.2, 0.25) is 0 Å². The monoisotopic (exact) mass is 248 g/mol. The van der Waals surface area contributed by atoms with Gasteiger partial charge < -0.3 is 9.84 Å². The Hall–Kier alpha value is -1.12. The number of hydrogen-bond donors (Lipinski definition) is 1. The summed E-state index contributed by atoms with van der Waals surface area (Å²) in [5.74, 6) is 0.111. The molecule has 0 aliphatic carbocycles. The molecule has 0 heterocycles. The van der Waals surface area contributed by atoms with Crippen molar-refractivity contribution < 1.29 is 9.84 Å². The lowest BCUT2D eigenvalue weighted by Gasteiger charge is -2.22. The van der Waals surface area contributed by atoms with Crippen LogP contribution in [0, 0.1) is 5.92 Å². The van der Waals surface area contributed by atoms with Crippen LogP contribution in [0.5, 0.6) is 0 Å². The molecule has 0 aliphatic heterocycles. The van der Waals surface area contributed by atoms with Gasteiger partial charge in [-0.3, -0.25) is 0 Å². The van der Waals surface area contributed by atoms with E-state index in [9.17, 15) is 5.11 Å². The predicted molar refractivity (Wildman–Crippen MR) is 75.3 cm³/mol. The van der Waals surface area contributed by atoms with Crippen molar-refractivity contribution in [2.45, 2.75) is 45.5 Å². The minimum Gasteiger partial charge on any atom is -0.392 e. The van der Waals surface area contributed by atoms with Gasteiger partial charge in [-0.05, 0) is 17.9 Å². The molecule has 1 aromatic carbocycles. The second-order valence-electron chi connectivity index (χ2n) is 4.72. The van der Waals surface area contributed by atoms with E-state index < -0.39 is 0 Å². The van der Waals surface area contributed by atoms with Crippen molar-refractivity contribution >= 4 is 0 Å². The number of aliphatic hydroxyl groups is 1. The maximum absolute atomic E-state index is 9.97. The van der Waals surface area contributed by atoms with E-state index in [-0.39, 0.29) is 18.1 Å². The molecule has 0 aliphatic rings. The predicted octanol–water partition coefficient (Wildman–Crippen LogP) is 3.55. The maximum atomic E-state index is 9.97. The number of benzene rings is 1. The number of rotatable bonds is 8. The Kier molecular flexibility index (Phi) is 6.69. The molecule has 0 fully saturated rings. The van der Waals surface area contributed by atoms with Gasteiger partial charge in [0.2, 0.25) is 0 Å². The van der Waals surface area contributed by atoms with Crippen LogP contribution < -0.4 is 0 Å². The van der Waals surface area contributed by atoms with Crippen LogP contribution in [0.15, 0.2) is 43.0 Å². The summed E-state index contributed by atoms with van der Waals surface area (Å²) in [4.78, 5) is 0. The van der Waals surface area contributed by atoms with E-state index in [1.54, 1.807) is 6.08 Å².